The predicted molar refractivity (Wildman–Crippen MR) is 110 cm³/mol. The zero-order valence-corrected chi connectivity index (χ0v) is 16.4. The Balaban J connectivity index is 1.47. The van der Waals surface area contributed by atoms with Crippen molar-refractivity contribution in [3.63, 3.8) is 0 Å². The Morgan fingerprint density at radius 2 is 1.66 bits per heavy atom. The third kappa shape index (κ3) is 5.31. The number of aryl methyl sites for hydroxylation is 3. The third-order valence-corrected chi connectivity index (χ3v) is 4.59. The molecule has 1 aromatic heterocycles. The Morgan fingerprint density at radius 1 is 0.931 bits per heavy atom. The van der Waals surface area contributed by atoms with E-state index in [9.17, 15) is 14.0 Å². The molecule has 6 heteroatoms. The minimum Gasteiger partial charge on any atom is -0.461 e. The summed E-state index contributed by atoms with van der Waals surface area (Å²) in [6, 6.07) is 15.5. The molecule has 1 heterocycles. The van der Waals surface area contributed by atoms with Crippen LogP contribution >= 0.6 is 0 Å². The number of para-hydroxylation sites is 1. The molecule has 2 amide bonds. The predicted octanol–water partition coefficient (Wildman–Crippen LogP) is 4.39. The van der Waals surface area contributed by atoms with Crippen molar-refractivity contribution in [2.75, 3.05) is 11.9 Å². The van der Waals surface area contributed by atoms with Crippen LogP contribution in [0.15, 0.2) is 59.0 Å². The van der Waals surface area contributed by atoms with Crippen molar-refractivity contribution in [1.29, 1.82) is 0 Å². The first-order chi connectivity index (χ1) is 13.9. The van der Waals surface area contributed by atoms with Crippen molar-refractivity contribution in [3.8, 4) is 11.3 Å². The molecule has 0 atom stereocenters. The maximum Gasteiger partial charge on any atom is 0.243 e. The van der Waals surface area contributed by atoms with Gasteiger partial charge < -0.3 is 15.1 Å². The largest absolute Gasteiger partial charge is 0.461 e. The van der Waals surface area contributed by atoms with Crippen LogP contribution < -0.4 is 10.6 Å². The van der Waals surface area contributed by atoms with Gasteiger partial charge in [0.15, 0.2) is 0 Å². The van der Waals surface area contributed by atoms with Crippen LogP contribution in [-0.2, 0) is 16.0 Å². The molecule has 0 bridgehead atoms. The highest BCUT2D eigenvalue weighted by Crippen LogP contribution is 2.25. The quantitative estimate of drug-likeness (QED) is 0.624. The maximum absolute atomic E-state index is 13.8. The molecule has 0 radical (unpaired) electrons. The number of benzene rings is 2. The number of anilines is 1. The van der Waals surface area contributed by atoms with Gasteiger partial charge in [-0.15, -0.1) is 0 Å². The van der Waals surface area contributed by atoms with Crippen LogP contribution in [0, 0.1) is 19.7 Å². The fourth-order valence-electron chi connectivity index (χ4n) is 3.02. The van der Waals surface area contributed by atoms with Crippen LogP contribution in [0.25, 0.3) is 11.3 Å². The van der Waals surface area contributed by atoms with E-state index in [1.807, 2.05) is 32.0 Å². The molecule has 0 fully saturated rings. The minimum atomic E-state index is -0.360. The zero-order valence-electron chi connectivity index (χ0n) is 16.4. The standard InChI is InChI=1S/C23H23FN2O3/c1-15-6-5-7-16(2)23(15)26-22(28)14-25-21(27)13-11-17-10-12-20(29-17)18-8-3-4-9-19(18)24/h3-10,12H,11,13-14H2,1-2H3,(H,25,27)(H,26,28). The van der Waals surface area contributed by atoms with Crippen LogP contribution in [0.2, 0.25) is 0 Å². The summed E-state index contributed by atoms with van der Waals surface area (Å²) < 4.78 is 19.5. The van der Waals surface area contributed by atoms with Gasteiger partial charge in [0.2, 0.25) is 11.8 Å². The van der Waals surface area contributed by atoms with Crippen molar-refractivity contribution in [3.05, 3.63) is 77.3 Å². The van der Waals surface area contributed by atoms with Crippen molar-refractivity contribution in [1.82, 2.24) is 5.32 Å². The van der Waals surface area contributed by atoms with E-state index < -0.39 is 0 Å². The number of hydrogen-bond acceptors (Lipinski definition) is 3. The van der Waals surface area contributed by atoms with Gasteiger partial charge in [-0.3, -0.25) is 9.59 Å². The topological polar surface area (TPSA) is 71.3 Å². The van der Waals surface area contributed by atoms with Gasteiger partial charge in [-0.25, -0.2) is 4.39 Å². The van der Waals surface area contributed by atoms with Crippen LogP contribution in [0.3, 0.4) is 0 Å². The minimum absolute atomic E-state index is 0.106. The smallest absolute Gasteiger partial charge is 0.243 e. The summed E-state index contributed by atoms with van der Waals surface area (Å²) >= 11 is 0. The number of hydrogen-bond donors (Lipinski definition) is 2. The van der Waals surface area contributed by atoms with Crippen LogP contribution in [0.4, 0.5) is 10.1 Å². The molecular weight excluding hydrogens is 371 g/mol. The van der Waals surface area contributed by atoms with Crippen molar-refractivity contribution < 1.29 is 18.4 Å². The monoisotopic (exact) mass is 394 g/mol. The molecule has 150 valence electrons. The fourth-order valence-corrected chi connectivity index (χ4v) is 3.02. The van der Waals surface area contributed by atoms with Gasteiger partial charge in [0, 0.05) is 18.5 Å². The van der Waals surface area contributed by atoms with E-state index in [2.05, 4.69) is 10.6 Å². The molecule has 29 heavy (non-hydrogen) atoms. The number of carbonyl (C=O) groups excluding carboxylic acids is 2. The molecule has 3 aromatic rings. The molecule has 5 nitrogen and oxygen atoms in total. The van der Waals surface area contributed by atoms with Gasteiger partial charge >= 0.3 is 0 Å². The molecule has 0 saturated heterocycles. The molecule has 0 aliphatic rings. The SMILES string of the molecule is Cc1cccc(C)c1NC(=O)CNC(=O)CCc1ccc(-c2ccccc2F)o1. The molecule has 0 aliphatic carbocycles. The second-order valence-corrected chi connectivity index (χ2v) is 6.84. The Labute approximate surface area is 168 Å². The first-order valence-electron chi connectivity index (χ1n) is 9.40. The van der Waals surface area contributed by atoms with E-state index in [4.69, 9.17) is 4.42 Å². The fraction of sp³-hybridized carbons (Fsp3) is 0.217. The van der Waals surface area contributed by atoms with Gasteiger partial charge in [-0.05, 0) is 49.2 Å². The van der Waals surface area contributed by atoms with Gasteiger partial charge in [-0.1, -0.05) is 30.3 Å². The van der Waals surface area contributed by atoms with E-state index in [-0.39, 0.29) is 30.6 Å². The lowest BCUT2D eigenvalue weighted by Crippen LogP contribution is -2.33. The Morgan fingerprint density at radius 3 is 2.38 bits per heavy atom. The molecule has 2 aromatic carbocycles. The van der Waals surface area contributed by atoms with Gasteiger partial charge in [0.1, 0.15) is 17.3 Å². The first kappa shape index (κ1) is 20.3. The summed E-state index contributed by atoms with van der Waals surface area (Å²) in [7, 11) is 0. The summed E-state index contributed by atoms with van der Waals surface area (Å²) in [4.78, 5) is 24.2. The van der Waals surface area contributed by atoms with Gasteiger partial charge in [0.05, 0.1) is 12.1 Å². The lowest BCUT2D eigenvalue weighted by Gasteiger charge is -2.11. The highest BCUT2D eigenvalue weighted by Gasteiger charge is 2.12. The van der Waals surface area contributed by atoms with Crippen molar-refractivity contribution >= 4 is 17.5 Å². The molecule has 0 saturated carbocycles. The number of nitrogens with one attached hydrogen (secondary N) is 2. The highest BCUT2D eigenvalue weighted by atomic mass is 19.1. The summed E-state index contributed by atoms with van der Waals surface area (Å²) in [5.74, 6) is 0.104. The first-order valence-corrected chi connectivity index (χ1v) is 9.40. The molecule has 0 aliphatic heterocycles. The number of amides is 2. The lowest BCUT2D eigenvalue weighted by atomic mass is 10.1. The average molecular weight is 394 g/mol. The number of halogens is 1. The number of furan rings is 1. The summed E-state index contributed by atoms with van der Waals surface area (Å²) in [6.45, 7) is 3.73. The molecule has 0 spiro atoms. The second-order valence-electron chi connectivity index (χ2n) is 6.84. The van der Waals surface area contributed by atoms with Crippen LogP contribution in [0.1, 0.15) is 23.3 Å². The Bertz CT molecular complexity index is 1010. The highest BCUT2D eigenvalue weighted by molar-refractivity contribution is 5.95. The average Bonchev–Trinajstić information content (AvgIpc) is 3.17. The number of rotatable bonds is 7. The van der Waals surface area contributed by atoms with Crippen molar-refractivity contribution in [2.24, 2.45) is 0 Å². The van der Waals surface area contributed by atoms with E-state index in [1.54, 1.807) is 30.3 Å². The Kier molecular flexibility index (Phi) is 6.44. The normalized spacial score (nSPS) is 10.6. The zero-order chi connectivity index (χ0) is 20.8. The van der Waals surface area contributed by atoms with Crippen LogP contribution in [0.5, 0.6) is 0 Å². The second kappa shape index (κ2) is 9.19. The lowest BCUT2D eigenvalue weighted by molar-refractivity contribution is -0.124. The molecule has 2 N–H and O–H groups in total. The van der Waals surface area contributed by atoms with E-state index in [0.29, 0.717) is 23.5 Å². The van der Waals surface area contributed by atoms with Crippen LogP contribution in [-0.4, -0.2) is 18.4 Å². The molecule has 0 unspecified atom stereocenters. The van der Waals surface area contributed by atoms with Gasteiger partial charge in [-0.2, -0.15) is 0 Å². The maximum atomic E-state index is 13.8. The Hall–Kier alpha value is -3.41. The van der Waals surface area contributed by atoms with Gasteiger partial charge in [0.25, 0.3) is 0 Å². The summed E-state index contributed by atoms with van der Waals surface area (Å²) in [6.07, 6.45) is 0.527. The van der Waals surface area contributed by atoms with Crippen molar-refractivity contribution in [2.45, 2.75) is 26.7 Å². The third-order valence-electron chi connectivity index (χ3n) is 4.59. The van der Waals surface area contributed by atoms with E-state index >= 15 is 0 Å². The summed E-state index contributed by atoms with van der Waals surface area (Å²) in [5, 5.41) is 5.43. The van der Waals surface area contributed by atoms with E-state index in [0.717, 1.165) is 16.8 Å². The summed E-state index contributed by atoms with van der Waals surface area (Å²) in [5.41, 5.74) is 3.08. The molecular formula is C23H23FN2O3. The number of carbonyl (C=O) groups is 2. The van der Waals surface area contributed by atoms with E-state index in [1.165, 1.54) is 6.07 Å². The molecule has 3 rings (SSSR count).